The van der Waals surface area contributed by atoms with Crippen LogP contribution in [-0.2, 0) is 11.3 Å². The number of anilines is 1. The molecule has 0 spiro atoms. The topological polar surface area (TPSA) is 59.8 Å². The Bertz CT molecular complexity index is 1060. The standard InChI is InChI=1S/C22H19ClN4OS/c23-18-8-6-16(7-9-18)17(14-27-11-3-4-12-27)13-21(28)26-22-25-20(15-29-22)19-5-1-2-10-24-19/h1-12,15,17H,13-14H2,(H,25,26,28)/t17-/m1/s1. The van der Waals surface area contributed by atoms with E-state index in [9.17, 15) is 4.79 Å². The minimum atomic E-state index is -0.0703. The largest absolute Gasteiger partial charge is 0.354 e. The Morgan fingerprint density at radius 2 is 1.86 bits per heavy atom. The molecule has 146 valence electrons. The summed E-state index contributed by atoms with van der Waals surface area (Å²) in [6, 6.07) is 17.3. The summed E-state index contributed by atoms with van der Waals surface area (Å²) in [5, 5.41) is 6.08. The summed E-state index contributed by atoms with van der Waals surface area (Å²) < 4.78 is 2.08. The number of carbonyl (C=O) groups excluding carboxylic acids is 1. The quantitative estimate of drug-likeness (QED) is 0.429. The first-order valence-corrected chi connectivity index (χ1v) is 10.5. The Labute approximate surface area is 178 Å². The number of hydrogen-bond donors (Lipinski definition) is 1. The molecular weight excluding hydrogens is 404 g/mol. The number of aromatic nitrogens is 3. The van der Waals surface area contributed by atoms with Gasteiger partial charge in [0.2, 0.25) is 5.91 Å². The molecule has 1 atom stereocenters. The molecule has 4 rings (SSSR count). The Hall–Kier alpha value is -2.96. The lowest BCUT2D eigenvalue weighted by Gasteiger charge is -2.18. The van der Waals surface area contributed by atoms with E-state index in [-0.39, 0.29) is 11.8 Å². The van der Waals surface area contributed by atoms with Gasteiger partial charge in [0.1, 0.15) is 5.69 Å². The molecule has 0 saturated heterocycles. The van der Waals surface area contributed by atoms with Crippen molar-refractivity contribution in [2.24, 2.45) is 0 Å². The van der Waals surface area contributed by atoms with Crippen LogP contribution in [0.1, 0.15) is 17.9 Å². The van der Waals surface area contributed by atoms with Crippen molar-refractivity contribution < 1.29 is 4.79 Å². The molecule has 4 aromatic rings. The van der Waals surface area contributed by atoms with Gasteiger partial charge >= 0.3 is 0 Å². The average molecular weight is 423 g/mol. The van der Waals surface area contributed by atoms with Gasteiger partial charge in [-0.25, -0.2) is 4.98 Å². The predicted octanol–water partition coefficient (Wildman–Crippen LogP) is 5.47. The summed E-state index contributed by atoms with van der Waals surface area (Å²) >= 11 is 7.43. The lowest BCUT2D eigenvalue weighted by molar-refractivity contribution is -0.116. The first-order chi connectivity index (χ1) is 14.2. The monoisotopic (exact) mass is 422 g/mol. The lowest BCUT2D eigenvalue weighted by Crippen LogP contribution is -2.18. The molecule has 3 heterocycles. The second-order valence-corrected chi connectivity index (χ2v) is 7.93. The first kappa shape index (κ1) is 19.4. The van der Waals surface area contributed by atoms with Crippen LogP contribution in [0.15, 0.2) is 78.6 Å². The van der Waals surface area contributed by atoms with Crippen LogP contribution in [0.5, 0.6) is 0 Å². The summed E-state index contributed by atoms with van der Waals surface area (Å²) in [5.74, 6) is -0.0473. The lowest BCUT2D eigenvalue weighted by atomic mass is 9.95. The van der Waals surface area contributed by atoms with Crippen LogP contribution < -0.4 is 5.32 Å². The van der Waals surface area contributed by atoms with Gasteiger partial charge in [0.25, 0.3) is 0 Å². The van der Waals surface area contributed by atoms with E-state index in [2.05, 4.69) is 19.9 Å². The molecule has 0 radical (unpaired) electrons. The Balaban J connectivity index is 1.46. The molecule has 0 unspecified atom stereocenters. The molecule has 0 bridgehead atoms. The van der Waals surface area contributed by atoms with E-state index in [1.165, 1.54) is 11.3 Å². The van der Waals surface area contributed by atoms with Crippen LogP contribution in [0.2, 0.25) is 5.02 Å². The Morgan fingerprint density at radius 3 is 2.59 bits per heavy atom. The molecule has 0 saturated carbocycles. The second kappa shape index (κ2) is 9.03. The average Bonchev–Trinajstić information content (AvgIpc) is 3.41. The SMILES string of the molecule is O=C(C[C@H](Cn1cccc1)c1ccc(Cl)cc1)Nc1nc(-c2ccccn2)cs1. The number of rotatable bonds is 7. The third kappa shape index (κ3) is 5.10. The van der Waals surface area contributed by atoms with Crippen LogP contribution in [0.4, 0.5) is 5.13 Å². The number of nitrogens with one attached hydrogen (secondary N) is 1. The molecule has 3 aromatic heterocycles. The molecule has 1 amide bonds. The zero-order chi connectivity index (χ0) is 20.1. The van der Waals surface area contributed by atoms with E-state index >= 15 is 0 Å². The van der Waals surface area contributed by atoms with Gasteiger partial charge < -0.3 is 9.88 Å². The van der Waals surface area contributed by atoms with Crippen LogP contribution in [0.3, 0.4) is 0 Å². The number of carbonyl (C=O) groups is 1. The van der Waals surface area contributed by atoms with Crippen LogP contribution in [0, 0.1) is 0 Å². The molecule has 29 heavy (non-hydrogen) atoms. The minimum absolute atomic E-state index is 0.0230. The van der Waals surface area contributed by atoms with Crippen molar-refractivity contribution in [3.8, 4) is 11.4 Å². The van der Waals surface area contributed by atoms with Gasteiger partial charge in [-0.2, -0.15) is 0 Å². The maximum atomic E-state index is 12.7. The van der Waals surface area contributed by atoms with E-state index in [0.717, 1.165) is 17.0 Å². The molecule has 5 nitrogen and oxygen atoms in total. The van der Waals surface area contributed by atoms with Crippen molar-refractivity contribution in [3.63, 3.8) is 0 Å². The molecule has 0 aliphatic heterocycles. The maximum absolute atomic E-state index is 12.7. The molecular formula is C22H19ClN4OS. The molecule has 0 aliphatic carbocycles. The van der Waals surface area contributed by atoms with Gasteiger partial charge in [0, 0.05) is 47.9 Å². The predicted molar refractivity (Wildman–Crippen MR) is 117 cm³/mol. The van der Waals surface area contributed by atoms with Gasteiger partial charge in [-0.1, -0.05) is 29.8 Å². The zero-order valence-electron chi connectivity index (χ0n) is 15.5. The fourth-order valence-corrected chi connectivity index (χ4v) is 3.97. The molecule has 1 N–H and O–H groups in total. The normalized spacial score (nSPS) is 11.9. The third-order valence-corrected chi connectivity index (χ3v) is 5.56. The Morgan fingerprint density at radius 1 is 1.07 bits per heavy atom. The van der Waals surface area contributed by atoms with Crippen molar-refractivity contribution in [1.82, 2.24) is 14.5 Å². The summed E-state index contributed by atoms with van der Waals surface area (Å²) in [4.78, 5) is 21.5. The summed E-state index contributed by atoms with van der Waals surface area (Å²) in [7, 11) is 0. The van der Waals surface area contributed by atoms with Gasteiger partial charge in [0.05, 0.1) is 5.69 Å². The van der Waals surface area contributed by atoms with Crippen LogP contribution >= 0.6 is 22.9 Å². The maximum Gasteiger partial charge on any atom is 0.226 e. The fraction of sp³-hybridized carbons (Fsp3) is 0.136. The van der Waals surface area contributed by atoms with Crippen molar-refractivity contribution >= 4 is 34.0 Å². The van der Waals surface area contributed by atoms with Gasteiger partial charge in [-0.05, 0) is 42.0 Å². The number of benzene rings is 1. The summed E-state index contributed by atoms with van der Waals surface area (Å²) in [5.41, 5.74) is 2.62. The molecule has 0 fully saturated rings. The van der Waals surface area contributed by atoms with E-state index in [1.54, 1.807) is 6.20 Å². The van der Waals surface area contributed by atoms with E-state index in [1.807, 2.05) is 72.4 Å². The van der Waals surface area contributed by atoms with E-state index < -0.39 is 0 Å². The summed E-state index contributed by atoms with van der Waals surface area (Å²) in [6.45, 7) is 0.707. The fourth-order valence-electron chi connectivity index (χ4n) is 3.13. The minimum Gasteiger partial charge on any atom is -0.354 e. The van der Waals surface area contributed by atoms with Crippen molar-refractivity contribution in [3.05, 3.63) is 89.2 Å². The Kier molecular flexibility index (Phi) is 6.03. The van der Waals surface area contributed by atoms with Crippen LogP contribution in [0.25, 0.3) is 11.4 Å². The highest BCUT2D eigenvalue weighted by molar-refractivity contribution is 7.14. The number of hydrogen-bond acceptors (Lipinski definition) is 4. The third-order valence-electron chi connectivity index (χ3n) is 4.55. The molecule has 7 heteroatoms. The second-order valence-electron chi connectivity index (χ2n) is 6.63. The first-order valence-electron chi connectivity index (χ1n) is 9.20. The number of amides is 1. The highest BCUT2D eigenvalue weighted by atomic mass is 35.5. The highest BCUT2D eigenvalue weighted by Crippen LogP contribution is 2.26. The molecule has 0 aliphatic rings. The number of halogens is 1. The van der Waals surface area contributed by atoms with Crippen LogP contribution in [-0.4, -0.2) is 20.4 Å². The summed E-state index contributed by atoms with van der Waals surface area (Å²) in [6.07, 6.45) is 6.07. The van der Waals surface area contributed by atoms with Crippen molar-refractivity contribution in [1.29, 1.82) is 0 Å². The number of pyridine rings is 1. The van der Waals surface area contributed by atoms with Gasteiger partial charge in [0.15, 0.2) is 5.13 Å². The number of thiazole rings is 1. The van der Waals surface area contributed by atoms with E-state index in [4.69, 9.17) is 11.6 Å². The van der Waals surface area contributed by atoms with E-state index in [0.29, 0.717) is 23.1 Å². The molecule has 1 aromatic carbocycles. The van der Waals surface area contributed by atoms with Crippen molar-refractivity contribution in [2.75, 3.05) is 5.32 Å². The van der Waals surface area contributed by atoms with Gasteiger partial charge in [-0.15, -0.1) is 11.3 Å². The van der Waals surface area contributed by atoms with Crippen molar-refractivity contribution in [2.45, 2.75) is 18.9 Å². The highest BCUT2D eigenvalue weighted by Gasteiger charge is 2.18. The van der Waals surface area contributed by atoms with Gasteiger partial charge in [-0.3, -0.25) is 9.78 Å². The number of nitrogens with zero attached hydrogens (tertiary/aromatic N) is 3. The zero-order valence-corrected chi connectivity index (χ0v) is 17.1. The smallest absolute Gasteiger partial charge is 0.226 e.